The molecule has 538 valence electrons. The average Bonchev–Trinajstić information content (AvgIpc) is 1.29. The Kier molecular flexibility index (Phi) is 15.5. The van der Waals surface area contributed by atoms with Crippen molar-refractivity contribution in [1.82, 2.24) is 0 Å². The van der Waals surface area contributed by atoms with Crippen LogP contribution >= 0.6 is 0 Å². The lowest BCUT2D eigenvalue weighted by Crippen LogP contribution is -2.61. The predicted molar refractivity (Wildman–Crippen MR) is 471 cm³/mol. The van der Waals surface area contributed by atoms with Gasteiger partial charge in [0.2, 0.25) is 0 Å². The van der Waals surface area contributed by atoms with E-state index in [1.54, 1.807) is 0 Å². The third kappa shape index (κ3) is 11.0. The molecule has 0 aliphatic carbocycles. The zero-order valence-electron chi connectivity index (χ0n) is 63.2. The zero-order valence-corrected chi connectivity index (χ0v) is 63.2. The number of aryl methyl sites for hydroxylation is 4. The summed E-state index contributed by atoms with van der Waals surface area (Å²) in [6.07, 6.45) is 0. The van der Waals surface area contributed by atoms with Crippen LogP contribution in [0, 0.1) is 27.7 Å². The van der Waals surface area contributed by atoms with Crippen LogP contribution in [0.1, 0.15) is 23.0 Å². The van der Waals surface area contributed by atoms with Gasteiger partial charge in [-0.05, 0) is 238 Å². The second-order valence-electron chi connectivity index (χ2n) is 30.4. The Morgan fingerprint density at radius 2 is 0.500 bits per heavy atom. The Morgan fingerprint density at radius 1 is 0.193 bits per heavy atom. The largest absolute Gasteiger partial charge is 0.461 e. The molecule has 14 aromatic carbocycles. The van der Waals surface area contributed by atoms with Crippen molar-refractivity contribution in [2.24, 2.45) is 0 Å². The number of fused-ring (bicyclic) bond motifs is 8. The minimum atomic E-state index is -0.0377. The Hall–Kier alpha value is -14.5. The monoisotopic (exact) mass is 1460 g/mol. The molecule has 114 heavy (non-hydrogen) atoms. The molecule has 22 rings (SSSR count). The van der Waals surface area contributed by atoms with Crippen molar-refractivity contribution in [2.75, 3.05) is 19.6 Å². The van der Waals surface area contributed by atoms with Crippen molar-refractivity contribution in [3.8, 4) is 101 Å². The molecule has 0 N–H and O–H groups in total. The van der Waals surface area contributed by atoms with E-state index in [9.17, 15) is 0 Å². The highest BCUT2D eigenvalue weighted by atomic mass is 16.4. The van der Waals surface area contributed by atoms with Gasteiger partial charge in [-0.15, -0.1) is 0 Å². The predicted octanol–water partition coefficient (Wildman–Crippen LogP) is 24.5. The highest BCUT2D eigenvalue weighted by Crippen LogP contribution is 2.50. The minimum absolute atomic E-state index is 0.0119. The van der Waals surface area contributed by atoms with Crippen LogP contribution in [0.3, 0.4) is 0 Å². The van der Waals surface area contributed by atoms with Crippen molar-refractivity contribution in [2.45, 2.75) is 27.7 Å². The summed E-state index contributed by atoms with van der Waals surface area (Å²) in [5.41, 5.74) is 36.4. The normalized spacial score (nSPS) is 12.8. The molecule has 18 aromatic rings. The molecule has 0 bridgehead atoms. The fraction of sp³-hybridized carbons (Fsp3) is 0.0385. The molecule has 0 saturated carbocycles. The van der Waals surface area contributed by atoms with E-state index < -0.39 is 0 Å². The number of nitrogens with zero attached hydrogens (tertiary/aromatic N) is 4. The lowest BCUT2D eigenvalue weighted by Gasteiger charge is -2.44. The molecule has 8 nitrogen and oxygen atoms in total. The first-order valence-electron chi connectivity index (χ1n) is 39.1. The molecule has 10 heteroatoms. The number of anilines is 12. The number of para-hydroxylation sites is 5. The van der Waals surface area contributed by atoms with Crippen LogP contribution in [-0.2, 0) is 0 Å². The van der Waals surface area contributed by atoms with Gasteiger partial charge in [-0.1, -0.05) is 231 Å². The van der Waals surface area contributed by atoms with Crippen LogP contribution in [0.25, 0.3) is 101 Å². The molecule has 0 unspecified atom stereocenters. The summed E-state index contributed by atoms with van der Waals surface area (Å²) < 4.78 is 25.5. The maximum atomic E-state index is 6.70. The van der Waals surface area contributed by atoms with Gasteiger partial charge in [0.15, 0.2) is 0 Å². The number of hydrogen-bond acceptors (Lipinski definition) is 8. The number of hydrogen-bond donors (Lipinski definition) is 0. The Morgan fingerprint density at radius 3 is 0.930 bits per heavy atom. The highest BCUT2D eigenvalue weighted by Gasteiger charge is 2.46. The second kappa shape index (κ2) is 26.7. The van der Waals surface area contributed by atoms with Gasteiger partial charge in [-0.25, -0.2) is 0 Å². The van der Waals surface area contributed by atoms with Gasteiger partial charge in [-0.2, -0.15) is 0 Å². The molecule has 4 aliphatic heterocycles. The Labute approximate surface area is 663 Å². The van der Waals surface area contributed by atoms with E-state index in [1.165, 1.54) is 49.8 Å². The van der Waals surface area contributed by atoms with Crippen LogP contribution < -0.4 is 52.4 Å². The van der Waals surface area contributed by atoms with Crippen molar-refractivity contribution in [1.29, 1.82) is 0 Å². The molecule has 8 heterocycles. The summed E-state index contributed by atoms with van der Waals surface area (Å²) >= 11 is 0. The summed E-state index contributed by atoms with van der Waals surface area (Å²) in [4.78, 5) is 9.89. The van der Waals surface area contributed by atoms with Crippen molar-refractivity contribution in [3.63, 3.8) is 0 Å². The molecular formula is C104H72B2N4O4. The van der Waals surface area contributed by atoms with E-state index in [0.717, 1.165) is 175 Å². The van der Waals surface area contributed by atoms with E-state index >= 15 is 0 Å². The zero-order chi connectivity index (χ0) is 75.8. The maximum absolute atomic E-state index is 6.70. The van der Waals surface area contributed by atoms with E-state index in [2.05, 4.69) is 373 Å². The minimum Gasteiger partial charge on any atom is -0.461 e. The van der Waals surface area contributed by atoms with E-state index in [4.69, 9.17) is 17.7 Å². The lowest BCUT2D eigenvalue weighted by atomic mass is 9.33. The fourth-order valence-corrected chi connectivity index (χ4v) is 18.3. The fourth-order valence-electron chi connectivity index (χ4n) is 18.3. The third-order valence-electron chi connectivity index (χ3n) is 23.6. The van der Waals surface area contributed by atoms with Gasteiger partial charge in [0.25, 0.3) is 13.4 Å². The second-order valence-corrected chi connectivity index (χ2v) is 30.4. The first-order chi connectivity index (χ1) is 56.1. The summed E-state index contributed by atoms with van der Waals surface area (Å²) in [6, 6.07) is 133. The molecular weight excluding hydrogens is 1390 g/mol. The van der Waals surface area contributed by atoms with Gasteiger partial charge in [-0.3, -0.25) is 0 Å². The molecule has 4 aliphatic rings. The molecule has 0 amide bonds. The van der Waals surface area contributed by atoms with Crippen molar-refractivity contribution in [3.05, 3.63) is 387 Å². The Balaban J connectivity index is 0.558. The summed E-state index contributed by atoms with van der Waals surface area (Å²) in [5.74, 6) is 6.79. The average molecular weight is 1460 g/mol. The van der Waals surface area contributed by atoms with Crippen LogP contribution in [-0.4, -0.2) is 13.4 Å². The lowest BCUT2D eigenvalue weighted by molar-refractivity contribution is 0.544. The quantitative estimate of drug-likeness (QED) is 0.106. The van der Waals surface area contributed by atoms with E-state index in [-0.39, 0.29) is 13.4 Å². The molecule has 0 spiro atoms. The van der Waals surface area contributed by atoms with Crippen molar-refractivity contribution >= 4 is 114 Å². The van der Waals surface area contributed by atoms with E-state index in [1.807, 2.05) is 38.1 Å². The maximum Gasteiger partial charge on any atom is 0.252 e. The molecule has 0 atom stereocenters. The highest BCUT2D eigenvalue weighted by molar-refractivity contribution is 7.01. The molecule has 0 fully saturated rings. The summed E-state index contributed by atoms with van der Waals surface area (Å²) in [5, 5.41) is 0. The van der Waals surface area contributed by atoms with Crippen LogP contribution in [0.15, 0.2) is 382 Å². The van der Waals surface area contributed by atoms with Gasteiger partial charge in [0.05, 0.1) is 0 Å². The molecule has 0 radical (unpaired) electrons. The summed E-state index contributed by atoms with van der Waals surface area (Å²) in [6.45, 7) is 8.02. The third-order valence-corrected chi connectivity index (χ3v) is 23.6. The SMILES string of the molecule is Cc1ccc(-c2ccc(-c3cccc(N4c5ccccc5B5c6ccc(-c7ccc(-c8cc(-c9cc(-c%10ccc(-c%11ccc%12c(c%11)N(c%11ccccc%11)c%11cc(-c%13ccc(-c%14ccc(C)o%14)cc%13)cc%13c%11B%12c%11ccccc%11N%13c%11ccccc%11)cc%10)oc9C)c(C)o8)cc7)cc6N(c6ccccc6)c6cccc4c65)c3)cc2)o1. The van der Waals surface area contributed by atoms with Crippen molar-refractivity contribution < 1.29 is 17.7 Å². The van der Waals surface area contributed by atoms with Gasteiger partial charge < -0.3 is 37.3 Å². The first kappa shape index (κ1) is 66.5. The van der Waals surface area contributed by atoms with Crippen LogP contribution in [0.5, 0.6) is 0 Å². The van der Waals surface area contributed by atoms with E-state index in [0.29, 0.717) is 0 Å². The number of rotatable bonds is 13. The van der Waals surface area contributed by atoms with Gasteiger partial charge in [0.1, 0.15) is 46.1 Å². The van der Waals surface area contributed by atoms with Gasteiger partial charge in [0, 0.05) is 102 Å². The smallest absolute Gasteiger partial charge is 0.252 e. The standard InChI is InChI=1S/C104H72B2N4O4/c1-65-34-56-99(111-65)73-44-36-69(37-45-73)77-20-18-27-84(58-77)110-92-31-17-15-29-88(92)105-89-54-52-78(59-95(89)108(82-23-10-6-11-24-82)93-32-19-33-94(110)103(93)105)70-38-48-75(49-39-70)101-63-85(67(3)113-101)86-64-102(114-68(86)4)76-50-40-71(41-51-76)79-53-55-90-96(60-79)109(83-25-12-7-13-26-83)98-62-80(72-42-46-74(47-43-72)100-57-35-66(2)112-100)61-97-104(98)106(90)87-28-14-16-30-91(87)107(97)81-21-8-5-9-22-81/h5-64H,1-4H3. The molecule has 0 saturated heterocycles. The Bertz CT molecular complexity index is 6800. The van der Waals surface area contributed by atoms with Gasteiger partial charge >= 0.3 is 0 Å². The van der Waals surface area contributed by atoms with Crippen LogP contribution in [0.2, 0.25) is 0 Å². The topological polar surface area (TPSA) is 65.5 Å². The first-order valence-corrected chi connectivity index (χ1v) is 39.1. The summed E-state index contributed by atoms with van der Waals surface area (Å²) in [7, 11) is 0. The van der Waals surface area contributed by atoms with Crippen LogP contribution in [0.4, 0.5) is 68.2 Å². The number of benzene rings is 14. The molecule has 4 aromatic heterocycles. The number of furan rings is 4.